The van der Waals surface area contributed by atoms with Crippen LogP contribution in [0.25, 0.3) is 0 Å². The lowest BCUT2D eigenvalue weighted by atomic mass is 10.0. The van der Waals surface area contributed by atoms with Crippen LogP contribution in [-0.2, 0) is 0 Å². The zero-order valence-corrected chi connectivity index (χ0v) is 8.57. The van der Waals surface area contributed by atoms with Crippen molar-refractivity contribution in [2.75, 3.05) is 0 Å². The smallest absolute Gasteiger partial charge is 0.141 e. The zero-order chi connectivity index (χ0) is 12.4. The van der Waals surface area contributed by atoms with Gasteiger partial charge in [0.25, 0.3) is 0 Å². The van der Waals surface area contributed by atoms with Gasteiger partial charge in [-0.05, 0) is 24.3 Å². The molecule has 0 aliphatic heterocycles. The van der Waals surface area contributed by atoms with E-state index in [2.05, 4.69) is 4.98 Å². The zero-order valence-electron chi connectivity index (χ0n) is 8.57. The SMILES string of the molecule is OC(c1ccc(F)cn1)c1c(F)cccc1F. The van der Waals surface area contributed by atoms with E-state index in [0.717, 1.165) is 24.4 Å². The van der Waals surface area contributed by atoms with Crippen molar-refractivity contribution in [1.82, 2.24) is 4.98 Å². The molecule has 0 saturated heterocycles. The highest BCUT2D eigenvalue weighted by molar-refractivity contribution is 5.28. The molecular weight excluding hydrogens is 231 g/mol. The Balaban J connectivity index is 2.43. The molecule has 0 spiro atoms. The van der Waals surface area contributed by atoms with Gasteiger partial charge in [0.2, 0.25) is 0 Å². The second-order valence-corrected chi connectivity index (χ2v) is 3.44. The van der Waals surface area contributed by atoms with Crippen LogP contribution in [0.1, 0.15) is 17.4 Å². The Hall–Kier alpha value is -1.88. The van der Waals surface area contributed by atoms with Crippen LogP contribution >= 0.6 is 0 Å². The molecule has 0 bridgehead atoms. The van der Waals surface area contributed by atoms with Crippen molar-refractivity contribution in [3.8, 4) is 0 Å². The fourth-order valence-electron chi connectivity index (χ4n) is 1.47. The summed E-state index contributed by atoms with van der Waals surface area (Å²) in [7, 11) is 0. The fourth-order valence-corrected chi connectivity index (χ4v) is 1.47. The van der Waals surface area contributed by atoms with E-state index in [1.165, 1.54) is 12.1 Å². The maximum absolute atomic E-state index is 13.4. The highest BCUT2D eigenvalue weighted by atomic mass is 19.1. The van der Waals surface area contributed by atoms with Gasteiger partial charge in [-0.1, -0.05) is 6.07 Å². The molecule has 1 N–H and O–H groups in total. The van der Waals surface area contributed by atoms with Crippen LogP contribution in [0.15, 0.2) is 36.5 Å². The van der Waals surface area contributed by atoms with Crippen LogP contribution in [-0.4, -0.2) is 10.1 Å². The van der Waals surface area contributed by atoms with Gasteiger partial charge in [-0.3, -0.25) is 4.98 Å². The van der Waals surface area contributed by atoms with Gasteiger partial charge >= 0.3 is 0 Å². The van der Waals surface area contributed by atoms with E-state index < -0.39 is 29.1 Å². The van der Waals surface area contributed by atoms with E-state index in [-0.39, 0.29) is 5.69 Å². The lowest BCUT2D eigenvalue weighted by Crippen LogP contribution is -2.07. The minimum atomic E-state index is -1.56. The van der Waals surface area contributed by atoms with Gasteiger partial charge in [-0.2, -0.15) is 0 Å². The van der Waals surface area contributed by atoms with Crippen molar-refractivity contribution >= 4 is 0 Å². The Morgan fingerprint density at radius 3 is 2.18 bits per heavy atom. The van der Waals surface area contributed by atoms with Gasteiger partial charge in [0.15, 0.2) is 0 Å². The van der Waals surface area contributed by atoms with Crippen LogP contribution in [0.2, 0.25) is 0 Å². The number of benzene rings is 1. The van der Waals surface area contributed by atoms with E-state index in [4.69, 9.17) is 0 Å². The molecule has 0 amide bonds. The third kappa shape index (κ3) is 2.29. The molecule has 1 aromatic heterocycles. The molecule has 1 unspecified atom stereocenters. The Labute approximate surface area is 95.4 Å². The predicted octanol–water partition coefficient (Wildman–Crippen LogP) is 2.58. The minimum absolute atomic E-state index is 0.0181. The lowest BCUT2D eigenvalue weighted by Gasteiger charge is -2.12. The first-order chi connectivity index (χ1) is 8.09. The summed E-state index contributed by atoms with van der Waals surface area (Å²) in [4.78, 5) is 3.58. The second-order valence-electron chi connectivity index (χ2n) is 3.44. The molecule has 5 heteroatoms. The van der Waals surface area contributed by atoms with Crippen molar-refractivity contribution in [3.05, 3.63) is 65.2 Å². The molecule has 0 saturated carbocycles. The molecular formula is C12H8F3NO. The van der Waals surface area contributed by atoms with E-state index in [0.29, 0.717) is 0 Å². The Morgan fingerprint density at radius 2 is 1.65 bits per heavy atom. The van der Waals surface area contributed by atoms with Crippen LogP contribution in [0.5, 0.6) is 0 Å². The highest BCUT2D eigenvalue weighted by Crippen LogP contribution is 2.25. The molecule has 88 valence electrons. The summed E-state index contributed by atoms with van der Waals surface area (Å²) in [5.41, 5.74) is -0.512. The van der Waals surface area contributed by atoms with Crippen LogP contribution < -0.4 is 0 Å². The number of aliphatic hydroxyl groups is 1. The third-order valence-electron chi connectivity index (χ3n) is 2.30. The number of hydrogen-bond acceptors (Lipinski definition) is 2. The third-order valence-corrected chi connectivity index (χ3v) is 2.30. The van der Waals surface area contributed by atoms with Crippen LogP contribution in [0.3, 0.4) is 0 Å². The topological polar surface area (TPSA) is 33.1 Å². The average molecular weight is 239 g/mol. The second kappa shape index (κ2) is 4.55. The molecule has 2 aromatic rings. The first-order valence-electron chi connectivity index (χ1n) is 4.83. The van der Waals surface area contributed by atoms with Gasteiger partial charge in [0, 0.05) is 0 Å². The Morgan fingerprint density at radius 1 is 1.00 bits per heavy atom. The monoisotopic (exact) mass is 239 g/mol. The quantitative estimate of drug-likeness (QED) is 0.873. The number of hydrogen-bond donors (Lipinski definition) is 1. The molecule has 0 aliphatic carbocycles. The first-order valence-corrected chi connectivity index (χ1v) is 4.83. The highest BCUT2D eigenvalue weighted by Gasteiger charge is 2.20. The summed E-state index contributed by atoms with van der Waals surface area (Å²) in [5, 5.41) is 9.78. The number of halogens is 3. The van der Waals surface area contributed by atoms with Gasteiger partial charge in [-0.15, -0.1) is 0 Å². The predicted molar refractivity (Wildman–Crippen MR) is 54.6 cm³/mol. The Bertz CT molecular complexity index is 508. The maximum atomic E-state index is 13.4. The minimum Gasteiger partial charge on any atom is -0.382 e. The molecule has 0 aliphatic rings. The number of pyridine rings is 1. The summed E-state index contributed by atoms with van der Waals surface area (Å²) in [5.74, 6) is -2.33. The standard InChI is InChI=1S/C12H8F3NO/c13-7-4-5-10(16-6-7)12(17)11-8(14)2-1-3-9(11)15/h1-6,12,17H. The number of aliphatic hydroxyl groups excluding tert-OH is 1. The summed E-state index contributed by atoms with van der Waals surface area (Å²) < 4.78 is 39.3. The average Bonchev–Trinajstić information content (AvgIpc) is 2.29. The van der Waals surface area contributed by atoms with Crippen molar-refractivity contribution in [2.24, 2.45) is 0 Å². The van der Waals surface area contributed by atoms with E-state index in [9.17, 15) is 18.3 Å². The molecule has 2 nitrogen and oxygen atoms in total. The summed E-state index contributed by atoms with van der Waals surface area (Å²) in [6.45, 7) is 0. The molecule has 1 atom stereocenters. The molecule has 1 aromatic carbocycles. The number of nitrogens with zero attached hydrogens (tertiary/aromatic N) is 1. The maximum Gasteiger partial charge on any atom is 0.141 e. The lowest BCUT2D eigenvalue weighted by molar-refractivity contribution is 0.204. The van der Waals surface area contributed by atoms with Crippen molar-refractivity contribution < 1.29 is 18.3 Å². The van der Waals surface area contributed by atoms with Gasteiger partial charge < -0.3 is 5.11 Å². The van der Waals surface area contributed by atoms with E-state index >= 15 is 0 Å². The van der Waals surface area contributed by atoms with E-state index in [1.54, 1.807) is 0 Å². The fraction of sp³-hybridized carbons (Fsp3) is 0.0833. The molecule has 1 heterocycles. The molecule has 0 radical (unpaired) electrons. The summed E-state index contributed by atoms with van der Waals surface area (Å²) in [6.07, 6.45) is -0.686. The first kappa shape index (κ1) is 11.6. The molecule has 0 fully saturated rings. The van der Waals surface area contributed by atoms with Crippen molar-refractivity contribution in [2.45, 2.75) is 6.10 Å². The summed E-state index contributed by atoms with van der Waals surface area (Å²) in [6, 6.07) is 5.49. The van der Waals surface area contributed by atoms with E-state index in [1.807, 2.05) is 0 Å². The van der Waals surface area contributed by atoms with Gasteiger partial charge in [-0.25, -0.2) is 13.2 Å². The number of aromatic nitrogens is 1. The Kier molecular flexibility index (Phi) is 3.10. The summed E-state index contributed by atoms with van der Waals surface area (Å²) >= 11 is 0. The van der Waals surface area contributed by atoms with Crippen LogP contribution in [0, 0.1) is 17.5 Å². The number of rotatable bonds is 2. The van der Waals surface area contributed by atoms with Crippen LogP contribution in [0.4, 0.5) is 13.2 Å². The largest absolute Gasteiger partial charge is 0.382 e. The normalized spacial score (nSPS) is 12.5. The van der Waals surface area contributed by atoms with Crippen molar-refractivity contribution in [3.63, 3.8) is 0 Å². The molecule has 2 rings (SSSR count). The van der Waals surface area contributed by atoms with Gasteiger partial charge in [0.1, 0.15) is 23.6 Å². The van der Waals surface area contributed by atoms with Gasteiger partial charge in [0.05, 0.1) is 17.5 Å². The molecule has 17 heavy (non-hydrogen) atoms. The van der Waals surface area contributed by atoms with Crippen molar-refractivity contribution in [1.29, 1.82) is 0 Å².